The summed E-state index contributed by atoms with van der Waals surface area (Å²) in [5.41, 5.74) is 1.16. The van der Waals surface area contributed by atoms with Gasteiger partial charge in [-0.25, -0.2) is 4.98 Å². The zero-order chi connectivity index (χ0) is 13.4. The van der Waals surface area contributed by atoms with Gasteiger partial charge in [0, 0.05) is 23.5 Å². The van der Waals surface area contributed by atoms with Gasteiger partial charge in [0.1, 0.15) is 0 Å². The Morgan fingerprint density at radius 3 is 2.67 bits per heavy atom. The molecule has 2 unspecified atom stereocenters. The Kier molecular flexibility index (Phi) is 7.52. The van der Waals surface area contributed by atoms with Crippen LogP contribution in [0.4, 0.5) is 0 Å². The van der Waals surface area contributed by atoms with Crippen LogP contribution in [0.25, 0.3) is 0 Å². The summed E-state index contributed by atoms with van der Waals surface area (Å²) in [4.78, 5) is 4.59. The summed E-state index contributed by atoms with van der Waals surface area (Å²) in [5.74, 6) is 0.811. The predicted molar refractivity (Wildman–Crippen MR) is 81.3 cm³/mol. The number of nitrogens with zero attached hydrogens (tertiary/aromatic N) is 1. The Hall–Kier alpha value is -0.410. The maximum atomic E-state index is 4.59. The van der Waals surface area contributed by atoms with Gasteiger partial charge in [-0.05, 0) is 32.2 Å². The molecule has 0 aliphatic heterocycles. The van der Waals surface area contributed by atoms with Crippen LogP contribution in [-0.2, 0) is 6.42 Å². The first kappa shape index (κ1) is 15.6. The summed E-state index contributed by atoms with van der Waals surface area (Å²) in [6.45, 7) is 10.1. The topological polar surface area (TPSA) is 24.9 Å². The monoisotopic (exact) mass is 268 g/mol. The molecular formula is C15H28N2S. The highest BCUT2D eigenvalue weighted by molar-refractivity contribution is 7.09. The second kappa shape index (κ2) is 8.65. The van der Waals surface area contributed by atoms with E-state index in [1.807, 2.05) is 0 Å². The van der Waals surface area contributed by atoms with Gasteiger partial charge in [-0.2, -0.15) is 0 Å². The number of hydrogen-bond donors (Lipinski definition) is 1. The molecule has 1 N–H and O–H groups in total. The molecule has 1 aromatic heterocycles. The van der Waals surface area contributed by atoms with Crippen molar-refractivity contribution in [2.75, 3.05) is 6.54 Å². The summed E-state index contributed by atoms with van der Waals surface area (Å²) in [6, 6.07) is 0.594. The molecule has 0 bridgehead atoms. The molecule has 0 aromatic carbocycles. The number of hydrogen-bond acceptors (Lipinski definition) is 3. The van der Waals surface area contributed by atoms with Crippen LogP contribution in [0.2, 0.25) is 0 Å². The van der Waals surface area contributed by atoms with Crippen molar-refractivity contribution in [1.29, 1.82) is 0 Å². The van der Waals surface area contributed by atoms with Crippen molar-refractivity contribution in [3.63, 3.8) is 0 Å². The smallest absolute Gasteiger partial charge is 0.0943 e. The quantitative estimate of drug-likeness (QED) is 0.726. The van der Waals surface area contributed by atoms with Crippen LogP contribution in [-0.4, -0.2) is 17.6 Å². The molecule has 0 radical (unpaired) electrons. The Labute approximate surface area is 116 Å². The van der Waals surface area contributed by atoms with Gasteiger partial charge in [0.2, 0.25) is 0 Å². The molecule has 0 aliphatic carbocycles. The summed E-state index contributed by atoms with van der Waals surface area (Å²) in [6.07, 6.45) is 6.19. The second-order valence-electron chi connectivity index (χ2n) is 5.37. The predicted octanol–water partition coefficient (Wildman–Crippen LogP) is 4.19. The summed E-state index contributed by atoms with van der Waals surface area (Å²) >= 11 is 1.80. The largest absolute Gasteiger partial charge is 0.314 e. The van der Waals surface area contributed by atoms with E-state index in [4.69, 9.17) is 0 Å². The number of nitrogens with one attached hydrogen (secondary N) is 1. The number of rotatable bonds is 9. The molecule has 0 saturated carbocycles. The molecule has 1 aromatic rings. The fraction of sp³-hybridized carbons (Fsp3) is 0.800. The minimum atomic E-state index is 0.594. The van der Waals surface area contributed by atoms with Gasteiger partial charge in [-0.1, -0.05) is 33.6 Å². The van der Waals surface area contributed by atoms with Crippen molar-refractivity contribution in [1.82, 2.24) is 10.3 Å². The third-order valence-corrected chi connectivity index (χ3v) is 4.23. The summed E-state index contributed by atoms with van der Waals surface area (Å²) in [7, 11) is 0. The average molecular weight is 268 g/mol. The fourth-order valence-corrected chi connectivity index (χ4v) is 3.24. The lowest BCUT2D eigenvalue weighted by Gasteiger charge is -2.21. The van der Waals surface area contributed by atoms with Crippen LogP contribution in [0.15, 0.2) is 5.38 Å². The molecule has 1 rings (SSSR count). The molecule has 3 heteroatoms. The molecule has 0 spiro atoms. The molecule has 18 heavy (non-hydrogen) atoms. The number of aromatic nitrogens is 1. The number of thiazole rings is 1. The lowest BCUT2D eigenvalue weighted by molar-refractivity contribution is 0.380. The van der Waals surface area contributed by atoms with E-state index in [0.29, 0.717) is 6.04 Å². The van der Waals surface area contributed by atoms with E-state index in [1.54, 1.807) is 11.3 Å². The second-order valence-corrected chi connectivity index (χ2v) is 6.31. The Morgan fingerprint density at radius 1 is 1.33 bits per heavy atom. The van der Waals surface area contributed by atoms with Gasteiger partial charge in [-0.3, -0.25) is 0 Å². The highest BCUT2D eigenvalue weighted by Gasteiger charge is 2.14. The van der Waals surface area contributed by atoms with E-state index in [1.165, 1.54) is 30.7 Å². The van der Waals surface area contributed by atoms with Crippen molar-refractivity contribution in [3.8, 4) is 0 Å². The molecule has 0 amide bonds. The van der Waals surface area contributed by atoms with Crippen molar-refractivity contribution in [2.24, 2.45) is 5.92 Å². The van der Waals surface area contributed by atoms with E-state index in [-0.39, 0.29) is 0 Å². The van der Waals surface area contributed by atoms with Crippen molar-refractivity contribution in [2.45, 2.75) is 65.8 Å². The maximum absolute atomic E-state index is 4.59. The molecule has 2 atom stereocenters. The SMILES string of the molecule is CCCNC(Cc1nc(C)cs1)CC(C)CCC. The van der Waals surface area contributed by atoms with Crippen molar-refractivity contribution >= 4 is 11.3 Å². The van der Waals surface area contributed by atoms with Crippen LogP contribution < -0.4 is 5.32 Å². The molecule has 0 fully saturated rings. The van der Waals surface area contributed by atoms with E-state index in [9.17, 15) is 0 Å². The van der Waals surface area contributed by atoms with Crippen LogP contribution in [0, 0.1) is 12.8 Å². The molecule has 0 saturated heterocycles. The standard InChI is InChI=1S/C15H28N2S/c1-5-7-12(3)9-14(16-8-6-2)10-15-17-13(4)11-18-15/h11-12,14,16H,5-10H2,1-4H3. The summed E-state index contributed by atoms with van der Waals surface area (Å²) < 4.78 is 0. The normalized spacial score (nSPS) is 14.7. The van der Waals surface area contributed by atoms with E-state index < -0.39 is 0 Å². The fourth-order valence-electron chi connectivity index (χ4n) is 2.39. The van der Waals surface area contributed by atoms with Gasteiger partial charge >= 0.3 is 0 Å². The van der Waals surface area contributed by atoms with Crippen LogP contribution in [0.3, 0.4) is 0 Å². The Morgan fingerprint density at radius 2 is 2.11 bits per heavy atom. The first-order valence-corrected chi connectivity index (χ1v) is 8.18. The van der Waals surface area contributed by atoms with Gasteiger partial charge in [0.05, 0.1) is 5.01 Å². The van der Waals surface area contributed by atoms with Gasteiger partial charge in [0.25, 0.3) is 0 Å². The zero-order valence-corrected chi connectivity index (χ0v) is 13.1. The van der Waals surface area contributed by atoms with Crippen molar-refractivity contribution in [3.05, 3.63) is 16.1 Å². The third-order valence-electron chi connectivity index (χ3n) is 3.24. The van der Waals surface area contributed by atoms with Crippen LogP contribution >= 0.6 is 11.3 Å². The molecule has 104 valence electrons. The van der Waals surface area contributed by atoms with Gasteiger partial charge in [0.15, 0.2) is 0 Å². The third kappa shape index (κ3) is 5.96. The molecule has 1 heterocycles. The minimum Gasteiger partial charge on any atom is -0.314 e. The lowest BCUT2D eigenvalue weighted by Crippen LogP contribution is -2.33. The number of aryl methyl sites for hydroxylation is 1. The van der Waals surface area contributed by atoms with Crippen LogP contribution in [0.1, 0.15) is 57.2 Å². The first-order chi connectivity index (χ1) is 8.65. The Balaban J connectivity index is 2.48. The zero-order valence-electron chi connectivity index (χ0n) is 12.3. The lowest BCUT2D eigenvalue weighted by atomic mass is 9.95. The minimum absolute atomic E-state index is 0.594. The highest BCUT2D eigenvalue weighted by atomic mass is 32.1. The molecule has 0 aliphatic rings. The van der Waals surface area contributed by atoms with E-state index in [0.717, 1.165) is 24.6 Å². The Bertz CT molecular complexity index is 322. The summed E-state index contributed by atoms with van der Waals surface area (Å²) in [5, 5.41) is 7.12. The molecular weight excluding hydrogens is 240 g/mol. The van der Waals surface area contributed by atoms with Gasteiger partial charge < -0.3 is 5.32 Å². The van der Waals surface area contributed by atoms with Gasteiger partial charge in [-0.15, -0.1) is 11.3 Å². The highest BCUT2D eigenvalue weighted by Crippen LogP contribution is 2.18. The van der Waals surface area contributed by atoms with E-state index >= 15 is 0 Å². The van der Waals surface area contributed by atoms with Crippen molar-refractivity contribution < 1.29 is 0 Å². The molecule has 2 nitrogen and oxygen atoms in total. The van der Waals surface area contributed by atoms with E-state index in [2.05, 4.69) is 43.4 Å². The first-order valence-electron chi connectivity index (χ1n) is 7.30. The van der Waals surface area contributed by atoms with Crippen LogP contribution in [0.5, 0.6) is 0 Å². The maximum Gasteiger partial charge on any atom is 0.0943 e. The average Bonchev–Trinajstić information content (AvgIpc) is 2.72.